The molecule has 0 saturated carbocycles. The number of rotatable bonds is 10. The highest BCUT2D eigenvalue weighted by Crippen LogP contribution is 2.40. The van der Waals surface area contributed by atoms with Gasteiger partial charge in [0.05, 0.1) is 11.8 Å². The number of carbonyl (C=O) groups is 2. The number of nitrogens with zero attached hydrogens (tertiary/aromatic N) is 1. The van der Waals surface area contributed by atoms with Crippen molar-refractivity contribution in [1.29, 1.82) is 0 Å². The third-order valence-corrected chi connectivity index (χ3v) is 7.71. The molecule has 0 spiro atoms. The van der Waals surface area contributed by atoms with E-state index in [0.717, 1.165) is 66.4 Å². The van der Waals surface area contributed by atoms with Gasteiger partial charge in [-0.3, -0.25) is 10.1 Å². The lowest BCUT2D eigenvalue weighted by atomic mass is 9.87. The van der Waals surface area contributed by atoms with Crippen molar-refractivity contribution in [3.05, 3.63) is 74.7 Å². The molecule has 0 saturated heterocycles. The molecular formula is C29H30F2N2O4S. The Kier molecular flexibility index (Phi) is 8.69. The Morgan fingerprint density at radius 2 is 1.95 bits per heavy atom. The van der Waals surface area contributed by atoms with Crippen molar-refractivity contribution in [1.82, 2.24) is 4.98 Å². The first-order chi connectivity index (χ1) is 18.2. The number of fused-ring (bicyclic) bond motifs is 3. The molecule has 2 aromatic carbocycles. The second kappa shape index (κ2) is 12.0. The summed E-state index contributed by atoms with van der Waals surface area (Å²) in [5.41, 5.74) is 3.46. The molecule has 1 aliphatic carbocycles. The number of aryl methyl sites for hydroxylation is 2. The fourth-order valence-electron chi connectivity index (χ4n) is 4.67. The zero-order valence-corrected chi connectivity index (χ0v) is 22.4. The number of thiazole rings is 1. The van der Waals surface area contributed by atoms with Crippen LogP contribution in [0.4, 0.5) is 13.9 Å². The fraction of sp³-hybridized carbons (Fsp3) is 0.345. The van der Waals surface area contributed by atoms with Crippen molar-refractivity contribution in [2.24, 2.45) is 0 Å². The van der Waals surface area contributed by atoms with Crippen LogP contribution in [0.2, 0.25) is 0 Å². The molecule has 200 valence electrons. The van der Waals surface area contributed by atoms with E-state index in [1.807, 2.05) is 19.1 Å². The van der Waals surface area contributed by atoms with Crippen molar-refractivity contribution in [2.45, 2.75) is 59.0 Å². The standard InChI is InChI=1S/C29H30F2N2O4S/c1-4-19(37-5-2)10-9-17-7-6-8-21-20(17)11-12-25-26(21)32-29(38-25)33-27(34)18-14-23(30)22(24(31)15-18)13-16(3)28(35)36/h6-8,13-15,19H,4-5,9-12H2,1-3H3,(H,35,36)(H,32,33,34)/b16-13+. The third-order valence-electron chi connectivity index (χ3n) is 6.68. The van der Waals surface area contributed by atoms with Crippen molar-refractivity contribution in [3.63, 3.8) is 0 Å². The molecule has 4 rings (SSSR count). The maximum atomic E-state index is 14.5. The summed E-state index contributed by atoms with van der Waals surface area (Å²) in [6.45, 7) is 6.07. The van der Waals surface area contributed by atoms with Gasteiger partial charge in [0.1, 0.15) is 11.6 Å². The van der Waals surface area contributed by atoms with Gasteiger partial charge in [0.15, 0.2) is 5.13 Å². The third kappa shape index (κ3) is 6.00. The van der Waals surface area contributed by atoms with Gasteiger partial charge in [0.25, 0.3) is 5.91 Å². The van der Waals surface area contributed by atoms with Crippen LogP contribution < -0.4 is 5.32 Å². The number of carboxylic acid groups (broad SMARTS) is 1. The molecular weight excluding hydrogens is 510 g/mol. The molecule has 38 heavy (non-hydrogen) atoms. The van der Waals surface area contributed by atoms with Crippen molar-refractivity contribution in [2.75, 3.05) is 11.9 Å². The summed E-state index contributed by atoms with van der Waals surface area (Å²) in [6, 6.07) is 7.99. The molecule has 1 unspecified atom stereocenters. The van der Waals surface area contributed by atoms with Crippen LogP contribution in [0.5, 0.6) is 0 Å². The van der Waals surface area contributed by atoms with E-state index in [1.54, 1.807) is 0 Å². The monoisotopic (exact) mass is 540 g/mol. The fourth-order valence-corrected chi connectivity index (χ4v) is 5.64. The van der Waals surface area contributed by atoms with Crippen molar-refractivity contribution in [3.8, 4) is 11.3 Å². The predicted molar refractivity (Wildman–Crippen MR) is 145 cm³/mol. The molecule has 1 aromatic heterocycles. The number of hydrogen-bond acceptors (Lipinski definition) is 5. The molecule has 1 aliphatic rings. The van der Waals surface area contributed by atoms with Crippen LogP contribution in [-0.4, -0.2) is 34.7 Å². The first kappa shape index (κ1) is 27.6. The summed E-state index contributed by atoms with van der Waals surface area (Å²) in [5.74, 6) is -4.03. The number of nitrogens with one attached hydrogen (secondary N) is 1. The van der Waals surface area contributed by atoms with Crippen LogP contribution in [0.3, 0.4) is 0 Å². The van der Waals surface area contributed by atoms with Gasteiger partial charge in [-0.25, -0.2) is 18.6 Å². The molecule has 3 aromatic rings. The lowest BCUT2D eigenvalue weighted by molar-refractivity contribution is -0.132. The van der Waals surface area contributed by atoms with Gasteiger partial charge in [0, 0.05) is 33.7 Å². The van der Waals surface area contributed by atoms with Gasteiger partial charge < -0.3 is 9.84 Å². The Balaban J connectivity index is 1.53. The summed E-state index contributed by atoms with van der Waals surface area (Å²) < 4.78 is 34.9. The maximum Gasteiger partial charge on any atom is 0.331 e. The molecule has 1 atom stereocenters. The summed E-state index contributed by atoms with van der Waals surface area (Å²) >= 11 is 1.35. The zero-order chi connectivity index (χ0) is 27.4. The van der Waals surface area contributed by atoms with Crippen molar-refractivity contribution >= 4 is 34.4 Å². The molecule has 2 N–H and O–H groups in total. The second-order valence-corrected chi connectivity index (χ2v) is 10.3. The van der Waals surface area contributed by atoms with E-state index in [-0.39, 0.29) is 17.2 Å². The highest BCUT2D eigenvalue weighted by atomic mass is 32.1. The van der Waals surface area contributed by atoms with Crippen LogP contribution in [0.1, 0.15) is 65.5 Å². The molecule has 0 bridgehead atoms. The van der Waals surface area contributed by atoms with Crippen LogP contribution in [-0.2, 0) is 28.8 Å². The number of carboxylic acids is 1. The zero-order valence-electron chi connectivity index (χ0n) is 21.6. The molecule has 9 heteroatoms. The Hall–Kier alpha value is -3.43. The van der Waals surface area contributed by atoms with E-state index >= 15 is 0 Å². The first-order valence-corrected chi connectivity index (χ1v) is 13.5. The van der Waals surface area contributed by atoms with Gasteiger partial charge in [0.2, 0.25) is 0 Å². The Labute approximate surface area is 224 Å². The number of carbonyl (C=O) groups excluding carboxylic acids is 1. The van der Waals surface area contributed by atoms with E-state index in [4.69, 9.17) is 9.84 Å². The smallest absolute Gasteiger partial charge is 0.331 e. The van der Waals surface area contributed by atoms with E-state index < -0.39 is 29.1 Å². The van der Waals surface area contributed by atoms with Crippen LogP contribution in [0.15, 0.2) is 35.9 Å². The van der Waals surface area contributed by atoms with Crippen LogP contribution in [0, 0.1) is 11.6 Å². The minimum atomic E-state index is -1.29. The predicted octanol–water partition coefficient (Wildman–Crippen LogP) is 6.67. The lowest BCUT2D eigenvalue weighted by Gasteiger charge is -2.20. The first-order valence-electron chi connectivity index (χ1n) is 12.7. The van der Waals surface area contributed by atoms with Gasteiger partial charge in [-0.2, -0.15) is 0 Å². The normalized spacial score (nSPS) is 13.6. The van der Waals surface area contributed by atoms with Crippen LogP contribution >= 0.6 is 11.3 Å². The van der Waals surface area contributed by atoms with Crippen LogP contribution in [0.25, 0.3) is 17.3 Å². The molecule has 1 amide bonds. The van der Waals surface area contributed by atoms with E-state index in [1.165, 1.54) is 29.4 Å². The molecule has 6 nitrogen and oxygen atoms in total. The van der Waals surface area contributed by atoms with E-state index in [0.29, 0.717) is 11.7 Å². The molecule has 1 heterocycles. The quantitative estimate of drug-likeness (QED) is 0.280. The van der Waals surface area contributed by atoms with Gasteiger partial charge >= 0.3 is 5.97 Å². The number of hydrogen-bond donors (Lipinski definition) is 2. The van der Waals surface area contributed by atoms with Gasteiger partial charge in [-0.15, -0.1) is 11.3 Å². The number of ether oxygens (including phenoxy) is 1. The number of benzene rings is 2. The topological polar surface area (TPSA) is 88.5 Å². The Morgan fingerprint density at radius 1 is 1.21 bits per heavy atom. The van der Waals surface area contributed by atoms with Gasteiger partial charge in [-0.1, -0.05) is 25.1 Å². The highest BCUT2D eigenvalue weighted by molar-refractivity contribution is 7.16. The minimum absolute atomic E-state index is 0.222. The minimum Gasteiger partial charge on any atom is -0.478 e. The summed E-state index contributed by atoms with van der Waals surface area (Å²) in [4.78, 5) is 29.5. The van der Waals surface area contributed by atoms with Crippen molar-refractivity contribution < 1.29 is 28.2 Å². The summed E-state index contributed by atoms with van der Waals surface area (Å²) in [5, 5.41) is 12.0. The number of halogens is 2. The summed E-state index contributed by atoms with van der Waals surface area (Å²) in [6.07, 6.45) is 5.63. The Morgan fingerprint density at radius 3 is 2.61 bits per heavy atom. The highest BCUT2D eigenvalue weighted by Gasteiger charge is 2.24. The average Bonchev–Trinajstić information content (AvgIpc) is 3.31. The number of aliphatic carboxylic acids is 1. The largest absolute Gasteiger partial charge is 0.478 e. The number of amides is 1. The molecule has 0 aliphatic heterocycles. The molecule has 0 radical (unpaired) electrons. The maximum absolute atomic E-state index is 14.5. The SMILES string of the molecule is CCOC(CC)CCc1cccc2c1CCc1sc(NC(=O)c3cc(F)c(/C=C(\C)C(=O)O)c(F)c3)nc1-2. The number of anilines is 1. The second-order valence-electron chi connectivity index (χ2n) is 9.20. The molecule has 0 fully saturated rings. The lowest BCUT2D eigenvalue weighted by Crippen LogP contribution is -2.14. The van der Waals surface area contributed by atoms with E-state index in [9.17, 15) is 18.4 Å². The van der Waals surface area contributed by atoms with E-state index in [2.05, 4.69) is 23.3 Å². The average molecular weight is 541 g/mol. The Bertz CT molecular complexity index is 1380. The van der Waals surface area contributed by atoms with Gasteiger partial charge in [-0.05, 0) is 75.3 Å². The number of aromatic nitrogens is 1. The summed E-state index contributed by atoms with van der Waals surface area (Å²) in [7, 11) is 0.